The predicted octanol–water partition coefficient (Wildman–Crippen LogP) is 2.17. The molecule has 2 heteroatoms. The van der Waals surface area contributed by atoms with Gasteiger partial charge < -0.3 is 5.32 Å². The Morgan fingerprint density at radius 1 is 1.55 bits per heavy atom. The Morgan fingerprint density at radius 3 is 3.00 bits per heavy atom. The number of halogens is 1. The van der Waals surface area contributed by atoms with E-state index in [2.05, 4.69) is 11.9 Å². The quantitative estimate of drug-likeness (QED) is 0.508. The Bertz CT molecular complexity index is 125. The maximum atomic E-state index is 5.82. The Morgan fingerprint density at radius 2 is 2.36 bits per heavy atom. The van der Waals surface area contributed by atoms with Gasteiger partial charge >= 0.3 is 0 Å². The normalized spacial score (nSPS) is 30.6. The van der Waals surface area contributed by atoms with Crippen LogP contribution in [0.2, 0.25) is 0 Å². The highest BCUT2D eigenvalue weighted by atomic mass is 35.5. The first kappa shape index (κ1) is 9.08. The predicted molar refractivity (Wildman–Crippen MR) is 50.0 cm³/mol. The van der Waals surface area contributed by atoms with Crippen molar-refractivity contribution in [3.63, 3.8) is 0 Å². The van der Waals surface area contributed by atoms with Crippen molar-refractivity contribution in [1.29, 1.82) is 0 Å². The van der Waals surface area contributed by atoms with E-state index in [0.29, 0.717) is 12.0 Å². The zero-order valence-corrected chi connectivity index (χ0v) is 7.61. The second-order valence-electron chi connectivity index (χ2n) is 3.15. The SMILES string of the molecule is C=CCNC1CCCC1CCl. The van der Waals surface area contributed by atoms with Crippen LogP contribution in [0.25, 0.3) is 0 Å². The van der Waals surface area contributed by atoms with Crippen LogP contribution in [0.15, 0.2) is 12.7 Å². The molecule has 0 amide bonds. The molecule has 0 aromatic heterocycles. The minimum absolute atomic E-state index is 0.644. The fraction of sp³-hybridized carbons (Fsp3) is 0.778. The number of rotatable bonds is 4. The first-order valence-electron chi connectivity index (χ1n) is 4.28. The van der Waals surface area contributed by atoms with E-state index in [0.717, 1.165) is 12.4 Å². The minimum Gasteiger partial charge on any atom is -0.310 e. The van der Waals surface area contributed by atoms with E-state index in [9.17, 15) is 0 Å². The van der Waals surface area contributed by atoms with Crippen LogP contribution < -0.4 is 5.32 Å². The van der Waals surface area contributed by atoms with Crippen molar-refractivity contribution in [3.05, 3.63) is 12.7 Å². The molecule has 1 rings (SSSR count). The molecule has 0 aromatic rings. The van der Waals surface area contributed by atoms with Crippen molar-refractivity contribution in [2.24, 2.45) is 5.92 Å². The summed E-state index contributed by atoms with van der Waals surface area (Å²) in [7, 11) is 0. The summed E-state index contributed by atoms with van der Waals surface area (Å²) in [5, 5.41) is 3.43. The lowest BCUT2D eigenvalue weighted by Crippen LogP contribution is -2.33. The summed E-state index contributed by atoms with van der Waals surface area (Å²) in [5.74, 6) is 1.49. The van der Waals surface area contributed by atoms with Gasteiger partial charge in [-0.25, -0.2) is 0 Å². The topological polar surface area (TPSA) is 12.0 Å². The largest absolute Gasteiger partial charge is 0.310 e. The molecule has 0 radical (unpaired) electrons. The van der Waals surface area contributed by atoms with Crippen LogP contribution in [0.1, 0.15) is 19.3 Å². The van der Waals surface area contributed by atoms with E-state index in [1.54, 1.807) is 0 Å². The third-order valence-electron chi connectivity index (χ3n) is 2.38. The average Bonchev–Trinajstić information content (AvgIpc) is 2.47. The van der Waals surface area contributed by atoms with Gasteiger partial charge in [0.05, 0.1) is 0 Å². The molecule has 0 aliphatic heterocycles. The van der Waals surface area contributed by atoms with E-state index in [-0.39, 0.29) is 0 Å². The molecule has 0 saturated heterocycles. The molecule has 1 aliphatic rings. The molecule has 0 spiro atoms. The zero-order valence-electron chi connectivity index (χ0n) is 6.85. The maximum Gasteiger partial charge on any atom is 0.0266 e. The van der Waals surface area contributed by atoms with Crippen molar-refractivity contribution in [3.8, 4) is 0 Å². The molecule has 0 aromatic carbocycles. The molecule has 2 atom stereocenters. The molecule has 0 bridgehead atoms. The van der Waals surface area contributed by atoms with E-state index in [1.165, 1.54) is 19.3 Å². The lowest BCUT2D eigenvalue weighted by molar-refractivity contribution is 0.449. The van der Waals surface area contributed by atoms with Gasteiger partial charge in [-0.3, -0.25) is 0 Å². The smallest absolute Gasteiger partial charge is 0.0266 e. The van der Waals surface area contributed by atoms with Crippen molar-refractivity contribution < 1.29 is 0 Å². The highest BCUT2D eigenvalue weighted by Gasteiger charge is 2.25. The van der Waals surface area contributed by atoms with Crippen LogP contribution >= 0.6 is 11.6 Å². The molecular weight excluding hydrogens is 158 g/mol. The van der Waals surface area contributed by atoms with Gasteiger partial charge in [-0.15, -0.1) is 18.2 Å². The van der Waals surface area contributed by atoms with Crippen molar-refractivity contribution in [2.45, 2.75) is 25.3 Å². The Labute approximate surface area is 73.8 Å². The molecule has 1 aliphatic carbocycles. The standard InChI is InChI=1S/C9H16ClN/c1-2-6-11-9-5-3-4-8(9)7-10/h2,8-9,11H,1,3-7H2. The first-order valence-corrected chi connectivity index (χ1v) is 4.82. The van der Waals surface area contributed by atoms with Crippen LogP contribution in [0.4, 0.5) is 0 Å². The van der Waals surface area contributed by atoms with Crippen molar-refractivity contribution in [1.82, 2.24) is 5.32 Å². The minimum atomic E-state index is 0.644. The molecule has 1 N–H and O–H groups in total. The van der Waals surface area contributed by atoms with Gasteiger partial charge in [0, 0.05) is 18.5 Å². The summed E-state index contributed by atoms with van der Waals surface area (Å²) in [6.45, 7) is 4.59. The van der Waals surface area contributed by atoms with E-state index in [4.69, 9.17) is 11.6 Å². The number of hydrogen-bond donors (Lipinski definition) is 1. The van der Waals surface area contributed by atoms with Crippen molar-refractivity contribution >= 4 is 11.6 Å². The van der Waals surface area contributed by atoms with Gasteiger partial charge in [-0.2, -0.15) is 0 Å². The molecule has 1 nitrogen and oxygen atoms in total. The molecule has 1 saturated carbocycles. The third kappa shape index (κ3) is 2.49. The zero-order chi connectivity index (χ0) is 8.10. The highest BCUT2D eigenvalue weighted by Crippen LogP contribution is 2.26. The molecule has 11 heavy (non-hydrogen) atoms. The Balaban J connectivity index is 2.25. The van der Waals surface area contributed by atoms with Gasteiger partial charge in [0.2, 0.25) is 0 Å². The van der Waals surface area contributed by atoms with E-state index in [1.807, 2.05) is 6.08 Å². The molecular formula is C9H16ClN. The first-order chi connectivity index (χ1) is 5.38. The monoisotopic (exact) mass is 173 g/mol. The molecule has 1 fully saturated rings. The van der Waals surface area contributed by atoms with Crippen LogP contribution in [0.3, 0.4) is 0 Å². The Kier molecular flexibility index (Phi) is 3.95. The Hall–Kier alpha value is -0.0100. The summed E-state index contributed by atoms with van der Waals surface area (Å²) in [6, 6.07) is 0.644. The summed E-state index contributed by atoms with van der Waals surface area (Å²) < 4.78 is 0. The second-order valence-corrected chi connectivity index (χ2v) is 3.46. The van der Waals surface area contributed by atoms with Crippen LogP contribution in [-0.2, 0) is 0 Å². The summed E-state index contributed by atoms with van der Waals surface area (Å²) in [5.41, 5.74) is 0. The maximum absolute atomic E-state index is 5.82. The van der Waals surface area contributed by atoms with E-state index >= 15 is 0 Å². The van der Waals surface area contributed by atoms with Gasteiger partial charge in [-0.05, 0) is 18.8 Å². The second kappa shape index (κ2) is 4.78. The molecule has 64 valence electrons. The summed E-state index contributed by atoms with van der Waals surface area (Å²) >= 11 is 5.82. The third-order valence-corrected chi connectivity index (χ3v) is 2.78. The average molecular weight is 174 g/mol. The molecule has 2 unspecified atom stereocenters. The van der Waals surface area contributed by atoms with Gasteiger partial charge in [0.15, 0.2) is 0 Å². The lowest BCUT2D eigenvalue weighted by atomic mass is 10.1. The van der Waals surface area contributed by atoms with Gasteiger partial charge in [-0.1, -0.05) is 12.5 Å². The highest BCUT2D eigenvalue weighted by molar-refractivity contribution is 6.18. The summed E-state index contributed by atoms with van der Waals surface area (Å²) in [6.07, 6.45) is 5.80. The fourth-order valence-corrected chi connectivity index (χ4v) is 2.09. The van der Waals surface area contributed by atoms with Gasteiger partial charge in [0.25, 0.3) is 0 Å². The van der Waals surface area contributed by atoms with Crippen LogP contribution in [0.5, 0.6) is 0 Å². The van der Waals surface area contributed by atoms with E-state index < -0.39 is 0 Å². The fourth-order valence-electron chi connectivity index (χ4n) is 1.72. The van der Waals surface area contributed by atoms with Crippen LogP contribution in [0, 0.1) is 5.92 Å². The number of hydrogen-bond acceptors (Lipinski definition) is 1. The summed E-state index contributed by atoms with van der Waals surface area (Å²) in [4.78, 5) is 0. The van der Waals surface area contributed by atoms with Gasteiger partial charge in [0.1, 0.15) is 0 Å². The molecule has 0 heterocycles. The van der Waals surface area contributed by atoms with Crippen molar-refractivity contribution in [2.75, 3.05) is 12.4 Å². The lowest BCUT2D eigenvalue weighted by Gasteiger charge is -2.17. The van der Waals surface area contributed by atoms with Crippen LogP contribution in [-0.4, -0.2) is 18.5 Å². The number of nitrogens with one attached hydrogen (secondary N) is 1. The number of alkyl halides is 1.